The minimum absolute atomic E-state index is 0.192. The second-order valence-electron chi connectivity index (χ2n) is 7.42. The molecule has 0 unspecified atom stereocenters. The maximum Gasteiger partial charge on any atom is 0.393 e. The molecule has 164 valence electrons. The molecule has 0 saturated carbocycles. The Morgan fingerprint density at radius 3 is 2.45 bits per heavy atom. The number of alkyl halides is 3. The van der Waals surface area contributed by atoms with E-state index >= 15 is 0 Å². The van der Waals surface area contributed by atoms with Crippen LogP contribution < -0.4 is 15.5 Å². The lowest BCUT2D eigenvalue weighted by Gasteiger charge is -2.24. The summed E-state index contributed by atoms with van der Waals surface area (Å²) in [6, 6.07) is 7.98. The normalized spacial score (nSPS) is 13.7. The first-order valence-corrected chi connectivity index (χ1v) is 10.1. The van der Waals surface area contributed by atoms with Crippen molar-refractivity contribution in [3.63, 3.8) is 0 Å². The number of nitrogens with zero attached hydrogens (tertiary/aromatic N) is 2. The lowest BCUT2D eigenvalue weighted by Crippen LogP contribution is -2.26. The Morgan fingerprint density at radius 1 is 1.16 bits per heavy atom. The highest BCUT2D eigenvalue weighted by Crippen LogP contribution is 2.31. The van der Waals surface area contributed by atoms with Crippen molar-refractivity contribution in [1.82, 2.24) is 10.3 Å². The molecule has 8 heteroatoms. The molecule has 31 heavy (non-hydrogen) atoms. The molecule has 2 aromatic rings. The summed E-state index contributed by atoms with van der Waals surface area (Å²) in [5.41, 5.74) is 3.32. The number of allylic oxidation sites excluding steroid dienone is 1. The maximum atomic E-state index is 12.6. The zero-order valence-electron chi connectivity index (χ0n) is 17.2. The molecule has 0 aliphatic carbocycles. The van der Waals surface area contributed by atoms with Gasteiger partial charge in [-0.15, -0.1) is 0 Å². The van der Waals surface area contributed by atoms with Crippen LogP contribution in [0.25, 0.3) is 0 Å². The number of pyridine rings is 1. The van der Waals surface area contributed by atoms with E-state index in [4.69, 9.17) is 5.41 Å². The van der Waals surface area contributed by atoms with E-state index in [1.54, 1.807) is 24.4 Å². The molecule has 3 rings (SSSR count). The summed E-state index contributed by atoms with van der Waals surface area (Å²) >= 11 is 0. The van der Waals surface area contributed by atoms with Gasteiger partial charge in [-0.05, 0) is 42.7 Å². The van der Waals surface area contributed by atoms with Gasteiger partial charge in [0.2, 0.25) is 0 Å². The van der Waals surface area contributed by atoms with Crippen LogP contribution >= 0.6 is 0 Å². The van der Waals surface area contributed by atoms with E-state index < -0.39 is 12.6 Å². The van der Waals surface area contributed by atoms with Gasteiger partial charge >= 0.3 is 6.18 Å². The Morgan fingerprint density at radius 2 is 1.84 bits per heavy atom. The second kappa shape index (κ2) is 9.68. The smallest absolute Gasteiger partial charge is 0.380 e. The number of nitrogens with one attached hydrogen (secondary N) is 3. The zero-order chi connectivity index (χ0) is 22.4. The lowest BCUT2D eigenvalue weighted by atomic mass is 10.1. The topological polar surface area (TPSA) is 64.0 Å². The summed E-state index contributed by atoms with van der Waals surface area (Å²) in [6.07, 6.45) is 0.227. The molecule has 3 N–H and O–H groups in total. The van der Waals surface area contributed by atoms with E-state index in [2.05, 4.69) is 33.7 Å². The monoisotopic (exact) mass is 429 g/mol. The van der Waals surface area contributed by atoms with Crippen LogP contribution in [0.4, 0.5) is 30.4 Å². The summed E-state index contributed by atoms with van der Waals surface area (Å²) < 4.78 is 37.8. The van der Waals surface area contributed by atoms with E-state index in [0.717, 1.165) is 31.6 Å². The van der Waals surface area contributed by atoms with Gasteiger partial charge in [0.15, 0.2) is 0 Å². The van der Waals surface area contributed by atoms with Crippen LogP contribution in [0.1, 0.15) is 24.0 Å². The first-order valence-electron chi connectivity index (χ1n) is 10.1. The highest BCUT2D eigenvalue weighted by atomic mass is 19.4. The Hall–Kier alpha value is -3.29. The molecular weight excluding hydrogens is 403 g/mol. The Balaban J connectivity index is 1.88. The van der Waals surface area contributed by atoms with Crippen molar-refractivity contribution in [2.45, 2.75) is 25.4 Å². The van der Waals surface area contributed by atoms with Gasteiger partial charge in [-0.25, -0.2) is 4.98 Å². The van der Waals surface area contributed by atoms with Crippen LogP contribution in [0.2, 0.25) is 0 Å². The third-order valence-electron chi connectivity index (χ3n) is 5.04. The summed E-state index contributed by atoms with van der Waals surface area (Å²) in [4.78, 5) is 6.65. The molecule has 0 amide bonds. The van der Waals surface area contributed by atoms with Gasteiger partial charge in [0, 0.05) is 30.7 Å². The Bertz CT molecular complexity index is 945. The van der Waals surface area contributed by atoms with Crippen LogP contribution in [-0.4, -0.2) is 36.5 Å². The van der Waals surface area contributed by atoms with E-state index in [1.165, 1.54) is 12.1 Å². The van der Waals surface area contributed by atoms with Crippen molar-refractivity contribution in [3.8, 4) is 0 Å². The third-order valence-corrected chi connectivity index (χ3v) is 5.04. The van der Waals surface area contributed by atoms with Crippen LogP contribution in [0, 0.1) is 5.41 Å². The van der Waals surface area contributed by atoms with E-state index in [9.17, 15) is 13.2 Å². The van der Waals surface area contributed by atoms with Crippen molar-refractivity contribution in [1.29, 1.82) is 5.41 Å². The molecule has 1 aliphatic rings. The molecule has 0 bridgehead atoms. The molecule has 1 fully saturated rings. The van der Waals surface area contributed by atoms with Gasteiger partial charge in [0.1, 0.15) is 5.82 Å². The number of hydrogen-bond acceptors (Lipinski definition) is 5. The fourth-order valence-electron chi connectivity index (χ4n) is 3.50. The van der Waals surface area contributed by atoms with Gasteiger partial charge in [0.05, 0.1) is 29.9 Å². The van der Waals surface area contributed by atoms with Crippen LogP contribution in [0.3, 0.4) is 0 Å². The van der Waals surface area contributed by atoms with Crippen LogP contribution in [-0.2, 0) is 6.42 Å². The number of benzene rings is 1. The fourth-order valence-corrected chi connectivity index (χ4v) is 3.50. The predicted molar refractivity (Wildman–Crippen MR) is 119 cm³/mol. The van der Waals surface area contributed by atoms with Crippen molar-refractivity contribution in [3.05, 3.63) is 72.6 Å². The highest BCUT2D eigenvalue weighted by Gasteiger charge is 2.27. The first-order chi connectivity index (χ1) is 14.8. The van der Waals surface area contributed by atoms with E-state index in [1.807, 2.05) is 6.07 Å². The number of aromatic nitrogens is 1. The number of rotatable bonds is 9. The average Bonchev–Trinajstić information content (AvgIpc) is 3.26. The molecule has 1 aromatic heterocycles. The lowest BCUT2D eigenvalue weighted by molar-refractivity contribution is -0.127. The largest absolute Gasteiger partial charge is 0.393 e. The van der Waals surface area contributed by atoms with Gasteiger partial charge < -0.3 is 20.9 Å². The van der Waals surface area contributed by atoms with Gasteiger partial charge in [-0.1, -0.05) is 25.3 Å². The number of halogens is 3. The SMILES string of the molecule is C=CC(=C)NCC(=N)c1c(N2CCCC2)ccnc1Nc1ccc(CC(F)(F)F)cc1. The molecule has 0 radical (unpaired) electrons. The quantitative estimate of drug-likeness (QED) is 0.379. The molecule has 1 aromatic carbocycles. The highest BCUT2D eigenvalue weighted by molar-refractivity contribution is 6.09. The molecule has 1 aliphatic heterocycles. The molecule has 5 nitrogen and oxygen atoms in total. The zero-order valence-corrected chi connectivity index (χ0v) is 17.2. The van der Waals surface area contributed by atoms with Gasteiger partial charge in [-0.2, -0.15) is 13.2 Å². The minimum Gasteiger partial charge on any atom is -0.380 e. The first kappa shape index (κ1) is 22.4. The third kappa shape index (κ3) is 6.10. The molecular formula is C23H26F3N5. The predicted octanol–water partition coefficient (Wildman–Crippen LogP) is 5.19. The average molecular weight is 429 g/mol. The molecule has 0 spiro atoms. The number of anilines is 3. The molecule has 0 atom stereocenters. The minimum atomic E-state index is -4.24. The second-order valence-corrected chi connectivity index (χ2v) is 7.42. The van der Waals surface area contributed by atoms with Crippen molar-refractivity contribution >= 4 is 22.9 Å². The Labute approximate surface area is 180 Å². The van der Waals surface area contributed by atoms with Crippen molar-refractivity contribution in [2.24, 2.45) is 0 Å². The number of hydrogen-bond donors (Lipinski definition) is 3. The van der Waals surface area contributed by atoms with Crippen molar-refractivity contribution < 1.29 is 13.2 Å². The summed E-state index contributed by atoms with van der Waals surface area (Å²) in [7, 11) is 0. The fraction of sp³-hybridized carbons (Fsp3) is 0.304. The van der Waals surface area contributed by atoms with Gasteiger partial charge in [0.25, 0.3) is 0 Å². The van der Waals surface area contributed by atoms with Crippen LogP contribution in [0.5, 0.6) is 0 Å². The van der Waals surface area contributed by atoms with Crippen LogP contribution in [0.15, 0.2) is 61.5 Å². The summed E-state index contributed by atoms with van der Waals surface area (Å²) in [6.45, 7) is 9.53. The maximum absolute atomic E-state index is 12.6. The summed E-state index contributed by atoms with van der Waals surface area (Å²) in [5.74, 6) is 0.490. The van der Waals surface area contributed by atoms with Gasteiger partial charge in [-0.3, -0.25) is 0 Å². The standard InChI is InChI=1S/C23H26F3N5/c1-3-16(2)29-15-19(27)21-20(31-12-4-5-13-31)10-11-28-22(21)30-18-8-6-17(7-9-18)14-23(24,25)26/h3,6-11,27,29H,1-2,4-5,12-15H2,(H,28,30). The summed E-state index contributed by atoms with van der Waals surface area (Å²) in [5, 5.41) is 14.9. The van der Waals surface area contributed by atoms with Crippen molar-refractivity contribution in [2.75, 3.05) is 29.9 Å². The molecule has 2 heterocycles. The Kier molecular flexibility index (Phi) is 6.99. The molecule has 1 saturated heterocycles. The van der Waals surface area contributed by atoms with E-state index in [-0.39, 0.29) is 12.1 Å². The van der Waals surface area contributed by atoms with E-state index in [0.29, 0.717) is 28.5 Å².